The van der Waals surface area contributed by atoms with Gasteiger partial charge < -0.3 is 14.2 Å². The Labute approximate surface area is 206 Å². The maximum Gasteiger partial charge on any atom is 0.185 e. The molecule has 0 aliphatic carbocycles. The van der Waals surface area contributed by atoms with Gasteiger partial charge in [-0.25, -0.2) is 0 Å². The SMILES string of the molecule is COCc1ccc(-c2ccc(OCCOc3ccc(/C=C/C(=O)c4ccccc4)cc3)cc2)cc1. The van der Waals surface area contributed by atoms with Gasteiger partial charge in [0.25, 0.3) is 0 Å². The van der Waals surface area contributed by atoms with Crippen LogP contribution in [0.15, 0.2) is 109 Å². The van der Waals surface area contributed by atoms with Crippen LogP contribution in [0.2, 0.25) is 0 Å². The molecule has 0 N–H and O–H groups in total. The molecule has 0 radical (unpaired) electrons. The summed E-state index contributed by atoms with van der Waals surface area (Å²) in [5.41, 5.74) is 5.06. The van der Waals surface area contributed by atoms with E-state index in [1.54, 1.807) is 19.3 Å². The van der Waals surface area contributed by atoms with Gasteiger partial charge in [0.15, 0.2) is 5.78 Å². The van der Waals surface area contributed by atoms with Crippen molar-refractivity contribution in [1.29, 1.82) is 0 Å². The van der Waals surface area contributed by atoms with Gasteiger partial charge in [-0.1, -0.05) is 84.9 Å². The van der Waals surface area contributed by atoms with Crippen molar-refractivity contribution in [3.05, 3.63) is 126 Å². The highest BCUT2D eigenvalue weighted by atomic mass is 16.5. The summed E-state index contributed by atoms with van der Waals surface area (Å²) >= 11 is 0. The Bertz CT molecular complexity index is 1230. The van der Waals surface area contributed by atoms with Crippen molar-refractivity contribution in [2.75, 3.05) is 20.3 Å². The molecule has 4 heteroatoms. The zero-order chi connectivity index (χ0) is 24.3. The van der Waals surface area contributed by atoms with Crippen LogP contribution >= 0.6 is 0 Å². The maximum atomic E-state index is 12.2. The van der Waals surface area contributed by atoms with Crippen LogP contribution < -0.4 is 9.47 Å². The standard InChI is InChI=1S/C31H28O4/c1-33-23-25-7-12-26(13-8-25)27-14-18-30(19-15-27)35-22-21-34-29-16-9-24(10-17-29)11-20-31(32)28-5-3-2-4-6-28/h2-20H,21-23H2,1H3/b20-11+. The van der Waals surface area contributed by atoms with Gasteiger partial charge in [-0.15, -0.1) is 0 Å². The first-order chi connectivity index (χ1) is 17.2. The van der Waals surface area contributed by atoms with E-state index >= 15 is 0 Å². The van der Waals surface area contributed by atoms with Crippen LogP contribution in [-0.2, 0) is 11.3 Å². The minimum atomic E-state index is -0.0175. The number of ketones is 1. The van der Waals surface area contributed by atoms with E-state index in [9.17, 15) is 4.79 Å². The Morgan fingerprint density at radius 3 is 1.80 bits per heavy atom. The molecule has 0 heterocycles. The van der Waals surface area contributed by atoms with Crippen molar-refractivity contribution >= 4 is 11.9 Å². The first-order valence-corrected chi connectivity index (χ1v) is 11.5. The maximum absolute atomic E-state index is 12.2. The van der Waals surface area contributed by atoms with Gasteiger partial charge in [0.2, 0.25) is 0 Å². The molecule has 0 unspecified atom stereocenters. The lowest BCUT2D eigenvalue weighted by atomic mass is 10.0. The lowest BCUT2D eigenvalue weighted by molar-refractivity contribution is 0.104. The molecular weight excluding hydrogens is 436 g/mol. The number of ether oxygens (including phenoxy) is 3. The van der Waals surface area contributed by atoms with Gasteiger partial charge in [-0.3, -0.25) is 4.79 Å². The minimum absolute atomic E-state index is 0.0175. The van der Waals surface area contributed by atoms with Gasteiger partial charge in [0, 0.05) is 12.7 Å². The van der Waals surface area contributed by atoms with E-state index in [-0.39, 0.29) is 5.78 Å². The van der Waals surface area contributed by atoms with E-state index in [4.69, 9.17) is 14.2 Å². The molecule has 0 aliphatic rings. The van der Waals surface area contributed by atoms with Crippen LogP contribution in [-0.4, -0.2) is 26.1 Å². The highest BCUT2D eigenvalue weighted by molar-refractivity contribution is 6.06. The number of rotatable bonds is 11. The zero-order valence-corrected chi connectivity index (χ0v) is 19.7. The molecule has 176 valence electrons. The van der Waals surface area contributed by atoms with Crippen molar-refractivity contribution < 1.29 is 19.0 Å². The summed E-state index contributed by atoms with van der Waals surface area (Å²) in [6, 6.07) is 33.2. The van der Waals surface area contributed by atoms with Gasteiger partial charge in [0.05, 0.1) is 6.61 Å². The summed E-state index contributed by atoms with van der Waals surface area (Å²) in [4.78, 5) is 12.2. The molecule has 0 atom stereocenters. The van der Waals surface area contributed by atoms with Crippen LogP contribution in [0, 0.1) is 0 Å². The Hall–Kier alpha value is -4.15. The zero-order valence-electron chi connectivity index (χ0n) is 19.7. The minimum Gasteiger partial charge on any atom is -0.490 e. The van der Waals surface area contributed by atoms with E-state index in [1.165, 1.54) is 0 Å². The third-order valence-corrected chi connectivity index (χ3v) is 5.44. The normalized spacial score (nSPS) is 10.9. The number of allylic oxidation sites excluding steroid dienone is 1. The highest BCUT2D eigenvalue weighted by Gasteiger charge is 2.02. The van der Waals surface area contributed by atoms with E-state index in [0.717, 1.165) is 33.8 Å². The van der Waals surface area contributed by atoms with Gasteiger partial charge in [0.1, 0.15) is 24.7 Å². The van der Waals surface area contributed by atoms with Crippen molar-refractivity contribution in [2.45, 2.75) is 6.61 Å². The van der Waals surface area contributed by atoms with Crippen LogP contribution in [0.5, 0.6) is 11.5 Å². The summed E-state index contributed by atoms with van der Waals surface area (Å²) in [5, 5.41) is 0. The number of hydrogen-bond donors (Lipinski definition) is 0. The fraction of sp³-hybridized carbons (Fsp3) is 0.129. The number of hydrogen-bond acceptors (Lipinski definition) is 4. The number of carbonyl (C=O) groups is 1. The largest absolute Gasteiger partial charge is 0.490 e. The molecule has 4 aromatic carbocycles. The Morgan fingerprint density at radius 2 is 1.23 bits per heavy atom. The molecule has 0 aliphatic heterocycles. The summed E-state index contributed by atoms with van der Waals surface area (Å²) in [5.74, 6) is 1.54. The second kappa shape index (κ2) is 12.4. The van der Waals surface area contributed by atoms with E-state index < -0.39 is 0 Å². The summed E-state index contributed by atoms with van der Waals surface area (Å²) in [6.45, 7) is 1.49. The molecule has 4 nitrogen and oxygen atoms in total. The molecule has 0 aromatic heterocycles. The summed E-state index contributed by atoms with van der Waals surface area (Å²) < 4.78 is 16.7. The van der Waals surface area contributed by atoms with Gasteiger partial charge >= 0.3 is 0 Å². The molecule has 0 saturated heterocycles. The van der Waals surface area contributed by atoms with E-state index in [2.05, 4.69) is 36.4 Å². The predicted octanol–water partition coefficient (Wildman–Crippen LogP) is 6.85. The third kappa shape index (κ3) is 7.16. The Kier molecular flexibility index (Phi) is 8.47. The molecule has 0 bridgehead atoms. The quantitative estimate of drug-likeness (QED) is 0.138. The first kappa shape index (κ1) is 24.0. The lowest BCUT2D eigenvalue weighted by Gasteiger charge is -2.10. The molecule has 0 saturated carbocycles. The molecule has 4 aromatic rings. The first-order valence-electron chi connectivity index (χ1n) is 11.5. The van der Waals surface area contributed by atoms with Crippen molar-refractivity contribution in [1.82, 2.24) is 0 Å². The third-order valence-electron chi connectivity index (χ3n) is 5.44. The fourth-order valence-corrected chi connectivity index (χ4v) is 3.57. The lowest BCUT2D eigenvalue weighted by Crippen LogP contribution is -2.08. The number of methoxy groups -OCH3 is 1. The molecule has 0 fully saturated rings. The van der Waals surface area contributed by atoms with Crippen LogP contribution in [0.25, 0.3) is 17.2 Å². The van der Waals surface area contributed by atoms with Gasteiger partial charge in [-0.05, 0) is 52.6 Å². The number of benzene rings is 4. The molecule has 4 rings (SSSR count). The molecule has 0 spiro atoms. The second-order valence-electron chi connectivity index (χ2n) is 7.98. The second-order valence-corrected chi connectivity index (χ2v) is 7.98. The van der Waals surface area contributed by atoms with E-state index in [0.29, 0.717) is 25.4 Å². The fourth-order valence-electron chi connectivity index (χ4n) is 3.57. The number of carbonyl (C=O) groups excluding carboxylic acids is 1. The monoisotopic (exact) mass is 464 g/mol. The molecule has 0 amide bonds. The van der Waals surface area contributed by atoms with Crippen LogP contribution in [0.1, 0.15) is 21.5 Å². The van der Waals surface area contributed by atoms with Crippen molar-refractivity contribution in [2.24, 2.45) is 0 Å². The molecule has 35 heavy (non-hydrogen) atoms. The molecular formula is C31H28O4. The predicted molar refractivity (Wildman–Crippen MR) is 140 cm³/mol. The highest BCUT2D eigenvalue weighted by Crippen LogP contribution is 2.23. The summed E-state index contributed by atoms with van der Waals surface area (Å²) in [6.07, 6.45) is 3.39. The average Bonchev–Trinajstić information content (AvgIpc) is 2.92. The summed E-state index contributed by atoms with van der Waals surface area (Å²) in [7, 11) is 1.70. The average molecular weight is 465 g/mol. The topological polar surface area (TPSA) is 44.8 Å². The van der Waals surface area contributed by atoms with Crippen molar-refractivity contribution in [3.63, 3.8) is 0 Å². The Morgan fingerprint density at radius 1 is 0.686 bits per heavy atom. The van der Waals surface area contributed by atoms with Crippen LogP contribution in [0.4, 0.5) is 0 Å². The van der Waals surface area contributed by atoms with Gasteiger partial charge in [-0.2, -0.15) is 0 Å². The van der Waals surface area contributed by atoms with E-state index in [1.807, 2.05) is 66.7 Å². The van der Waals surface area contributed by atoms with Crippen LogP contribution in [0.3, 0.4) is 0 Å². The smallest absolute Gasteiger partial charge is 0.185 e. The van der Waals surface area contributed by atoms with Crippen molar-refractivity contribution in [3.8, 4) is 22.6 Å². The Balaban J connectivity index is 1.21.